The summed E-state index contributed by atoms with van der Waals surface area (Å²) >= 11 is 0. The number of hydrogen-bond acceptors (Lipinski definition) is 9. The van der Waals surface area contributed by atoms with Crippen molar-refractivity contribution in [3.63, 3.8) is 0 Å². The third-order valence-corrected chi connectivity index (χ3v) is 6.25. The zero-order chi connectivity index (χ0) is 20.3. The van der Waals surface area contributed by atoms with E-state index in [9.17, 15) is 0 Å². The molecule has 9 nitrogen and oxygen atoms in total. The fourth-order valence-electron chi connectivity index (χ4n) is 4.53. The minimum absolute atomic E-state index is 0.834. The van der Waals surface area contributed by atoms with E-state index >= 15 is 0 Å². The van der Waals surface area contributed by atoms with E-state index in [0.717, 1.165) is 88.3 Å². The van der Waals surface area contributed by atoms with Gasteiger partial charge in [-0.3, -0.25) is 4.90 Å². The first-order valence-electron chi connectivity index (χ1n) is 11.3. The molecular formula is C21H31N9. The van der Waals surface area contributed by atoms with Crippen LogP contribution in [0.5, 0.6) is 0 Å². The van der Waals surface area contributed by atoms with Crippen LogP contribution in [-0.4, -0.2) is 82.2 Å². The van der Waals surface area contributed by atoms with Crippen LogP contribution in [0.4, 0.5) is 17.8 Å². The van der Waals surface area contributed by atoms with E-state index in [1.165, 1.54) is 25.7 Å². The maximum absolute atomic E-state index is 4.89. The second kappa shape index (κ2) is 8.67. The molecule has 3 saturated heterocycles. The van der Waals surface area contributed by atoms with Gasteiger partial charge in [0, 0.05) is 65.1 Å². The molecule has 3 aliphatic rings. The van der Waals surface area contributed by atoms with Gasteiger partial charge >= 0.3 is 0 Å². The zero-order valence-corrected chi connectivity index (χ0v) is 17.9. The Bertz CT molecular complexity index is 819. The quantitative estimate of drug-likeness (QED) is 0.730. The number of anilines is 3. The van der Waals surface area contributed by atoms with Crippen molar-refractivity contribution in [2.75, 3.05) is 67.1 Å². The second-order valence-electron chi connectivity index (χ2n) is 8.48. The summed E-state index contributed by atoms with van der Waals surface area (Å²) in [4.78, 5) is 32.8. The van der Waals surface area contributed by atoms with Crippen LogP contribution in [0.1, 0.15) is 37.2 Å². The first-order chi connectivity index (χ1) is 14.7. The highest BCUT2D eigenvalue weighted by molar-refractivity contribution is 5.47. The molecule has 5 rings (SSSR count). The Morgan fingerprint density at radius 2 is 1.17 bits per heavy atom. The molecular weight excluding hydrogens is 378 g/mol. The minimum Gasteiger partial charge on any atom is -0.341 e. The molecule has 3 aliphatic heterocycles. The fraction of sp³-hybridized carbons (Fsp3) is 0.667. The lowest BCUT2D eigenvalue weighted by atomic mass is 10.3. The van der Waals surface area contributed by atoms with Crippen molar-refractivity contribution in [1.29, 1.82) is 0 Å². The lowest BCUT2D eigenvalue weighted by molar-refractivity contribution is 0.245. The number of piperazine rings is 1. The molecule has 9 heteroatoms. The Morgan fingerprint density at radius 1 is 0.667 bits per heavy atom. The summed E-state index contributed by atoms with van der Waals surface area (Å²) in [5.74, 6) is 3.39. The highest BCUT2D eigenvalue weighted by atomic mass is 15.4. The van der Waals surface area contributed by atoms with E-state index in [4.69, 9.17) is 15.0 Å². The molecule has 0 aromatic carbocycles. The predicted octanol–water partition coefficient (Wildman–Crippen LogP) is 1.49. The minimum atomic E-state index is 0.834. The van der Waals surface area contributed by atoms with Crippen LogP contribution in [0, 0.1) is 6.92 Å². The monoisotopic (exact) mass is 409 g/mol. The molecule has 160 valence electrons. The Balaban J connectivity index is 1.30. The molecule has 5 heterocycles. The molecule has 3 fully saturated rings. The molecule has 30 heavy (non-hydrogen) atoms. The SMILES string of the molecule is Cc1nccc(CN2CCN(c3nc(N4CCCC4)nc(N4CCCC4)n3)CC2)n1. The molecule has 0 unspecified atom stereocenters. The summed E-state index contributed by atoms with van der Waals surface area (Å²) in [7, 11) is 0. The average molecular weight is 410 g/mol. The maximum Gasteiger partial charge on any atom is 0.232 e. The molecule has 2 aromatic heterocycles. The topological polar surface area (TPSA) is 77.4 Å². The van der Waals surface area contributed by atoms with E-state index in [0.29, 0.717) is 0 Å². The number of nitrogens with zero attached hydrogens (tertiary/aromatic N) is 9. The summed E-state index contributed by atoms with van der Waals surface area (Å²) in [5.41, 5.74) is 1.09. The van der Waals surface area contributed by atoms with E-state index in [-0.39, 0.29) is 0 Å². The highest BCUT2D eigenvalue weighted by Crippen LogP contribution is 2.24. The molecule has 0 saturated carbocycles. The van der Waals surface area contributed by atoms with Crippen LogP contribution in [0.2, 0.25) is 0 Å². The van der Waals surface area contributed by atoms with Gasteiger partial charge in [0.15, 0.2) is 0 Å². The predicted molar refractivity (Wildman–Crippen MR) is 117 cm³/mol. The van der Waals surface area contributed by atoms with E-state index in [1.54, 1.807) is 0 Å². The van der Waals surface area contributed by atoms with Crippen molar-refractivity contribution in [2.45, 2.75) is 39.2 Å². The largest absolute Gasteiger partial charge is 0.341 e. The van der Waals surface area contributed by atoms with Crippen LogP contribution >= 0.6 is 0 Å². The van der Waals surface area contributed by atoms with E-state index in [2.05, 4.69) is 29.6 Å². The molecule has 2 aromatic rings. The lowest BCUT2D eigenvalue weighted by Gasteiger charge is -2.35. The smallest absolute Gasteiger partial charge is 0.232 e. The van der Waals surface area contributed by atoms with Crippen molar-refractivity contribution < 1.29 is 0 Å². The summed E-state index contributed by atoms with van der Waals surface area (Å²) in [6.07, 6.45) is 6.74. The first kappa shape index (κ1) is 19.4. The standard InChI is InChI=1S/C21H31N9/c1-17-22-7-6-18(23-17)16-27-12-14-30(15-13-27)21-25-19(28-8-2-3-9-28)24-20(26-21)29-10-4-5-11-29/h6-7H,2-5,8-16H2,1H3. The van der Waals surface area contributed by atoms with E-state index in [1.807, 2.05) is 19.2 Å². The Kier molecular flexibility index (Phi) is 5.61. The second-order valence-corrected chi connectivity index (χ2v) is 8.48. The lowest BCUT2D eigenvalue weighted by Crippen LogP contribution is -2.47. The number of rotatable bonds is 5. The van der Waals surface area contributed by atoms with Crippen molar-refractivity contribution in [3.05, 3.63) is 23.8 Å². The molecule has 0 atom stereocenters. The van der Waals surface area contributed by atoms with Gasteiger partial charge in [-0.1, -0.05) is 0 Å². The van der Waals surface area contributed by atoms with Gasteiger partial charge in [-0.25, -0.2) is 9.97 Å². The molecule has 0 N–H and O–H groups in total. The number of aromatic nitrogens is 5. The van der Waals surface area contributed by atoms with Crippen LogP contribution in [-0.2, 0) is 6.54 Å². The Hall–Kier alpha value is -2.55. The van der Waals surface area contributed by atoms with Crippen LogP contribution in [0.3, 0.4) is 0 Å². The highest BCUT2D eigenvalue weighted by Gasteiger charge is 2.25. The van der Waals surface area contributed by atoms with Crippen LogP contribution < -0.4 is 14.7 Å². The summed E-state index contributed by atoms with van der Waals surface area (Å²) in [6.45, 7) is 10.8. The van der Waals surface area contributed by atoms with Gasteiger partial charge in [0.05, 0.1) is 5.69 Å². The summed E-state index contributed by atoms with van der Waals surface area (Å²) in [5, 5.41) is 0. The van der Waals surface area contributed by atoms with Gasteiger partial charge in [-0.05, 0) is 38.7 Å². The van der Waals surface area contributed by atoms with Crippen LogP contribution in [0.25, 0.3) is 0 Å². The van der Waals surface area contributed by atoms with Crippen molar-refractivity contribution in [1.82, 2.24) is 29.8 Å². The third-order valence-electron chi connectivity index (χ3n) is 6.25. The van der Waals surface area contributed by atoms with Gasteiger partial charge in [0.2, 0.25) is 17.8 Å². The van der Waals surface area contributed by atoms with Gasteiger partial charge < -0.3 is 14.7 Å². The average Bonchev–Trinajstić information content (AvgIpc) is 3.48. The molecule has 0 amide bonds. The molecule has 0 aliphatic carbocycles. The molecule has 0 radical (unpaired) electrons. The zero-order valence-electron chi connectivity index (χ0n) is 17.9. The van der Waals surface area contributed by atoms with Crippen molar-refractivity contribution in [2.24, 2.45) is 0 Å². The van der Waals surface area contributed by atoms with Gasteiger partial charge in [0.1, 0.15) is 5.82 Å². The number of aryl methyl sites for hydroxylation is 1. The van der Waals surface area contributed by atoms with E-state index < -0.39 is 0 Å². The molecule has 0 spiro atoms. The first-order valence-corrected chi connectivity index (χ1v) is 11.3. The maximum atomic E-state index is 4.89. The van der Waals surface area contributed by atoms with Gasteiger partial charge in [-0.2, -0.15) is 15.0 Å². The third kappa shape index (κ3) is 4.30. The summed E-state index contributed by atoms with van der Waals surface area (Å²) in [6, 6.07) is 2.01. The van der Waals surface area contributed by atoms with Crippen molar-refractivity contribution in [3.8, 4) is 0 Å². The van der Waals surface area contributed by atoms with Gasteiger partial charge in [0.25, 0.3) is 0 Å². The van der Waals surface area contributed by atoms with Crippen molar-refractivity contribution >= 4 is 17.8 Å². The normalized spacial score (nSPS) is 20.4. The Labute approximate surface area is 178 Å². The Morgan fingerprint density at radius 3 is 1.67 bits per heavy atom. The fourth-order valence-corrected chi connectivity index (χ4v) is 4.53. The van der Waals surface area contributed by atoms with Gasteiger partial charge in [-0.15, -0.1) is 0 Å². The molecule has 0 bridgehead atoms. The summed E-state index contributed by atoms with van der Waals surface area (Å²) < 4.78 is 0. The number of hydrogen-bond donors (Lipinski definition) is 0. The van der Waals surface area contributed by atoms with Crippen LogP contribution in [0.15, 0.2) is 12.3 Å².